The van der Waals surface area contributed by atoms with Crippen molar-refractivity contribution in [1.29, 1.82) is 0 Å². The Balaban J connectivity index is 0.000000705. The standard InChI is InChI=1S/C17H16O3S.C2H4O2/c1-12(18)21-17-11-14(20-2)8-9-15(17)16(19)10-13-6-4-3-5-7-13;1-4-2-3/h3-9,11H,10H2,1-2H3;2H,1H3. The molecule has 0 saturated heterocycles. The van der Waals surface area contributed by atoms with Crippen molar-refractivity contribution in [1.82, 2.24) is 0 Å². The molecule has 0 aromatic heterocycles. The Morgan fingerprint density at radius 1 is 1.08 bits per heavy atom. The SMILES string of the molecule is COC=O.COc1ccc(C(=O)Cc2ccccc2)c(SC(C)=O)c1. The van der Waals surface area contributed by atoms with Crippen LogP contribution < -0.4 is 4.74 Å². The molecule has 0 amide bonds. The third-order valence-electron chi connectivity index (χ3n) is 3.05. The second kappa shape index (κ2) is 11.0. The van der Waals surface area contributed by atoms with Gasteiger partial charge in [0.1, 0.15) is 5.75 Å². The molecule has 0 saturated carbocycles. The van der Waals surface area contributed by atoms with Crippen LogP contribution >= 0.6 is 11.8 Å². The Hall–Kier alpha value is -2.60. The van der Waals surface area contributed by atoms with Crippen LogP contribution in [0.1, 0.15) is 22.8 Å². The van der Waals surface area contributed by atoms with Crippen molar-refractivity contribution < 1.29 is 23.9 Å². The van der Waals surface area contributed by atoms with Gasteiger partial charge in [0.05, 0.1) is 14.2 Å². The van der Waals surface area contributed by atoms with Gasteiger partial charge < -0.3 is 9.47 Å². The molecule has 0 unspecified atom stereocenters. The number of thioether (sulfide) groups is 1. The van der Waals surface area contributed by atoms with E-state index in [2.05, 4.69) is 4.74 Å². The maximum absolute atomic E-state index is 12.5. The van der Waals surface area contributed by atoms with E-state index in [1.807, 2.05) is 30.3 Å². The lowest BCUT2D eigenvalue weighted by Gasteiger charge is -2.09. The van der Waals surface area contributed by atoms with Crippen molar-refractivity contribution in [2.75, 3.05) is 14.2 Å². The van der Waals surface area contributed by atoms with E-state index >= 15 is 0 Å². The zero-order valence-electron chi connectivity index (χ0n) is 14.4. The van der Waals surface area contributed by atoms with Crippen molar-refractivity contribution in [2.24, 2.45) is 0 Å². The number of carbonyl (C=O) groups is 3. The van der Waals surface area contributed by atoms with Crippen LogP contribution in [0.25, 0.3) is 0 Å². The zero-order valence-corrected chi connectivity index (χ0v) is 15.2. The second-order valence-electron chi connectivity index (χ2n) is 4.87. The van der Waals surface area contributed by atoms with Crippen LogP contribution in [0.3, 0.4) is 0 Å². The highest BCUT2D eigenvalue weighted by Crippen LogP contribution is 2.28. The molecule has 0 aliphatic rings. The first-order valence-electron chi connectivity index (χ1n) is 7.41. The molecule has 0 aliphatic heterocycles. The summed E-state index contributed by atoms with van der Waals surface area (Å²) in [7, 11) is 2.87. The summed E-state index contributed by atoms with van der Waals surface area (Å²) in [6.07, 6.45) is 0.318. The molecule has 132 valence electrons. The van der Waals surface area contributed by atoms with Gasteiger partial charge in [-0.25, -0.2) is 0 Å². The fourth-order valence-corrected chi connectivity index (χ4v) is 2.75. The lowest BCUT2D eigenvalue weighted by molar-refractivity contribution is -0.126. The summed E-state index contributed by atoms with van der Waals surface area (Å²) >= 11 is 1.05. The summed E-state index contributed by atoms with van der Waals surface area (Å²) in [4.78, 5) is 33.4. The molecule has 5 nitrogen and oxygen atoms in total. The summed E-state index contributed by atoms with van der Waals surface area (Å²) in [6.45, 7) is 1.86. The predicted molar refractivity (Wildman–Crippen MR) is 97.1 cm³/mol. The minimum absolute atomic E-state index is 0.00685. The van der Waals surface area contributed by atoms with Gasteiger partial charge in [-0.05, 0) is 23.8 Å². The first-order valence-corrected chi connectivity index (χ1v) is 8.23. The van der Waals surface area contributed by atoms with Gasteiger partial charge in [0.15, 0.2) is 10.9 Å². The lowest BCUT2D eigenvalue weighted by atomic mass is 10.0. The van der Waals surface area contributed by atoms with Gasteiger partial charge in [0.2, 0.25) is 0 Å². The van der Waals surface area contributed by atoms with Crippen LogP contribution in [0.2, 0.25) is 0 Å². The number of methoxy groups -OCH3 is 2. The molecule has 0 aliphatic carbocycles. The normalized spacial score (nSPS) is 9.40. The highest BCUT2D eigenvalue weighted by molar-refractivity contribution is 8.13. The summed E-state index contributed by atoms with van der Waals surface area (Å²) in [5.74, 6) is 0.627. The largest absolute Gasteiger partial charge is 0.497 e. The zero-order chi connectivity index (χ0) is 18.7. The summed E-state index contributed by atoms with van der Waals surface area (Å²) in [5, 5.41) is -0.0583. The van der Waals surface area contributed by atoms with Gasteiger partial charge >= 0.3 is 0 Å². The van der Waals surface area contributed by atoms with Crippen molar-refractivity contribution in [3.8, 4) is 5.75 Å². The first kappa shape index (κ1) is 20.4. The van der Waals surface area contributed by atoms with Crippen LogP contribution in [0.5, 0.6) is 5.75 Å². The molecule has 0 heterocycles. The number of hydrogen-bond acceptors (Lipinski definition) is 6. The van der Waals surface area contributed by atoms with Gasteiger partial charge in [-0.3, -0.25) is 14.4 Å². The van der Waals surface area contributed by atoms with E-state index in [1.165, 1.54) is 14.0 Å². The van der Waals surface area contributed by atoms with Gasteiger partial charge in [-0.1, -0.05) is 42.1 Å². The molecule has 2 aromatic rings. The molecular weight excluding hydrogens is 340 g/mol. The number of rotatable bonds is 6. The van der Waals surface area contributed by atoms with E-state index in [9.17, 15) is 9.59 Å². The number of ketones is 1. The smallest absolute Gasteiger partial charge is 0.292 e. The Kier molecular flexibility index (Phi) is 9.03. The predicted octanol–water partition coefficient (Wildman–Crippen LogP) is 3.55. The molecule has 0 fully saturated rings. The number of Topliss-reactive ketones (excluding diaryl/α,β-unsaturated/α-hetero) is 1. The number of benzene rings is 2. The quantitative estimate of drug-likeness (QED) is 0.446. The fraction of sp³-hybridized carbons (Fsp3) is 0.211. The topological polar surface area (TPSA) is 69.7 Å². The Labute approximate surface area is 151 Å². The Morgan fingerprint density at radius 2 is 1.72 bits per heavy atom. The van der Waals surface area contributed by atoms with Crippen molar-refractivity contribution in [3.05, 3.63) is 59.7 Å². The number of carbonyl (C=O) groups excluding carboxylic acids is 3. The lowest BCUT2D eigenvalue weighted by Crippen LogP contribution is -2.06. The molecule has 2 rings (SSSR count). The molecule has 0 bridgehead atoms. The van der Waals surface area contributed by atoms with E-state index < -0.39 is 0 Å². The third kappa shape index (κ3) is 7.22. The number of hydrogen-bond donors (Lipinski definition) is 0. The van der Waals surface area contributed by atoms with Gasteiger partial charge in [-0.15, -0.1) is 0 Å². The summed E-state index contributed by atoms with van der Waals surface area (Å²) in [6, 6.07) is 14.7. The summed E-state index contributed by atoms with van der Waals surface area (Å²) in [5.41, 5.74) is 1.51. The fourth-order valence-electron chi connectivity index (χ4n) is 1.98. The summed E-state index contributed by atoms with van der Waals surface area (Å²) < 4.78 is 9.01. The molecule has 0 N–H and O–H groups in total. The molecule has 2 aromatic carbocycles. The monoisotopic (exact) mass is 360 g/mol. The van der Waals surface area contributed by atoms with E-state index in [-0.39, 0.29) is 10.9 Å². The molecule has 6 heteroatoms. The van der Waals surface area contributed by atoms with Crippen LogP contribution in [-0.4, -0.2) is 31.6 Å². The van der Waals surface area contributed by atoms with Gasteiger partial charge in [0.25, 0.3) is 6.47 Å². The first-order chi connectivity index (χ1) is 12.0. The van der Waals surface area contributed by atoms with Crippen molar-refractivity contribution in [2.45, 2.75) is 18.2 Å². The van der Waals surface area contributed by atoms with Crippen molar-refractivity contribution in [3.63, 3.8) is 0 Å². The highest BCUT2D eigenvalue weighted by atomic mass is 32.2. The maximum atomic E-state index is 12.5. The van der Waals surface area contributed by atoms with Gasteiger partial charge in [0, 0.05) is 23.8 Å². The minimum atomic E-state index is -0.0583. The number of ether oxygens (including phenoxy) is 2. The van der Waals surface area contributed by atoms with Crippen molar-refractivity contribution >= 4 is 29.1 Å². The molecule has 0 atom stereocenters. The van der Waals surface area contributed by atoms with E-state index in [4.69, 9.17) is 9.53 Å². The van der Waals surface area contributed by atoms with Crippen LogP contribution in [0.15, 0.2) is 53.4 Å². The van der Waals surface area contributed by atoms with Crippen LogP contribution in [-0.2, 0) is 20.7 Å². The van der Waals surface area contributed by atoms with E-state index in [1.54, 1.807) is 25.3 Å². The van der Waals surface area contributed by atoms with E-state index in [0.29, 0.717) is 29.1 Å². The maximum Gasteiger partial charge on any atom is 0.292 e. The molecule has 0 radical (unpaired) electrons. The van der Waals surface area contributed by atoms with Crippen LogP contribution in [0, 0.1) is 0 Å². The average Bonchev–Trinajstić information content (AvgIpc) is 2.62. The van der Waals surface area contributed by atoms with Crippen LogP contribution in [0.4, 0.5) is 0 Å². The Morgan fingerprint density at radius 3 is 2.24 bits per heavy atom. The minimum Gasteiger partial charge on any atom is -0.497 e. The van der Waals surface area contributed by atoms with Gasteiger partial charge in [-0.2, -0.15) is 0 Å². The van der Waals surface area contributed by atoms with E-state index in [0.717, 1.165) is 17.3 Å². The molecular formula is C19H20O5S. The Bertz CT molecular complexity index is 713. The highest BCUT2D eigenvalue weighted by Gasteiger charge is 2.15. The molecule has 0 spiro atoms. The second-order valence-corrected chi connectivity index (χ2v) is 6.09. The average molecular weight is 360 g/mol. The molecule has 25 heavy (non-hydrogen) atoms. The third-order valence-corrected chi connectivity index (χ3v) is 3.89.